The zero-order valence-corrected chi connectivity index (χ0v) is 56.2. The number of nitrogens with zero attached hydrogens (tertiary/aromatic N) is 2. The predicted octanol–water partition coefficient (Wildman–Crippen LogP) is 19.8. The van der Waals surface area contributed by atoms with Gasteiger partial charge in [-0.3, -0.25) is 9.59 Å². The number of hydrogen-bond acceptors (Lipinski definition) is 11. The first-order valence-electron chi connectivity index (χ1n) is 28.9. The molecule has 10 nitrogen and oxygen atoms in total. The van der Waals surface area contributed by atoms with Gasteiger partial charge >= 0.3 is 0 Å². The molecule has 1 aliphatic carbocycles. The summed E-state index contributed by atoms with van der Waals surface area (Å²) in [5.41, 5.74) is 4.28. The molecule has 0 N–H and O–H groups in total. The lowest BCUT2D eigenvalue weighted by molar-refractivity contribution is 0.0974. The van der Waals surface area contributed by atoms with E-state index in [9.17, 15) is 9.59 Å². The average molecular weight is 1490 g/mol. The van der Waals surface area contributed by atoms with Crippen molar-refractivity contribution in [3.05, 3.63) is 71.0 Å². The number of halogens is 6. The Morgan fingerprint density at radius 3 is 0.810 bits per heavy atom. The van der Waals surface area contributed by atoms with Gasteiger partial charge in [-0.1, -0.05) is 173 Å². The van der Waals surface area contributed by atoms with Crippen molar-refractivity contribution in [2.24, 2.45) is 0 Å². The van der Waals surface area contributed by atoms with Crippen LogP contribution in [0.5, 0.6) is 34.5 Å². The van der Waals surface area contributed by atoms with Crippen molar-refractivity contribution < 1.29 is 38.0 Å². The van der Waals surface area contributed by atoms with Gasteiger partial charge in [-0.25, -0.2) is 0 Å². The molecule has 0 unspecified atom stereocenters. The molecule has 0 radical (unpaired) electrons. The van der Waals surface area contributed by atoms with E-state index in [1.165, 1.54) is 0 Å². The van der Waals surface area contributed by atoms with Crippen LogP contribution >= 0.6 is 107 Å². The van der Waals surface area contributed by atoms with Crippen LogP contribution in [-0.4, -0.2) is 91.9 Å². The van der Waals surface area contributed by atoms with Gasteiger partial charge in [0.2, 0.25) is 23.1 Å². The lowest BCUT2D eigenvalue weighted by atomic mass is 9.85. The minimum atomic E-state index is -0.306. The van der Waals surface area contributed by atoms with E-state index in [4.69, 9.17) is 28.4 Å². The van der Waals surface area contributed by atoms with E-state index in [1.807, 2.05) is 12.1 Å². The van der Waals surface area contributed by atoms with Crippen molar-refractivity contribution in [1.29, 1.82) is 0 Å². The molecule has 0 saturated carbocycles. The van der Waals surface area contributed by atoms with Gasteiger partial charge in [0, 0.05) is 43.1 Å². The number of carbonyl (C=O) groups is 2. The van der Waals surface area contributed by atoms with Gasteiger partial charge in [0.1, 0.15) is 0 Å². The first-order chi connectivity index (χ1) is 38.9. The van der Waals surface area contributed by atoms with Crippen LogP contribution in [0.2, 0.25) is 0 Å². The Labute approximate surface area is 525 Å². The number of ether oxygens (including phenoxy) is 6. The first kappa shape index (κ1) is 65.9. The minimum absolute atomic E-state index is 0.105. The predicted molar refractivity (Wildman–Crippen MR) is 348 cm³/mol. The quantitative estimate of drug-likeness (QED) is 0.0270. The molecule has 4 aromatic carbocycles. The summed E-state index contributed by atoms with van der Waals surface area (Å²) in [5, 5.41) is 7.48. The van der Waals surface area contributed by atoms with Crippen molar-refractivity contribution in [3.8, 4) is 56.8 Å². The molecule has 1 aromatic heterocycles. The molecule has 0 spiro atoms. The summed E-state index contributed by atoms with van der Waals surface area (Å²) in [4.78, 5) is 28.1. The van der Waals surface area contributed by atoms with E-state index in [0.29, 0.717) is 85.3 Å². The fourth-order valence-corrected chi connectivity index (χ4v) is 12.4. The number of ketones is 2. The van der Waals surface area contributed by atoms with Gasteiger partial charge < -0.3 is 28.4 Å². The normalized spacial score (nSPS) is 12.0. The van der Waals surface area contributed by atoms with Gasteiger partial charge in [0.25, 0.3) is 0 Å². The van der Waals surface area contributed by atoms with E-state index < -0.39 is 0 Å². The Hall–Kier alpha value is -2.28. The van der Waals surface area contributed by atoms with Crippen LogP contribution < -0.4 is 28.4 Å². The highest BCUT2D eigenvalue weighted by molar-refractivity contribution is 9.10. The maximum atomic E-state index is 14.1. The van der Waals surface area contributed by atoms with Gasteiger partial charge in [-0.05, 0) is 159 Å². The molecule has 1 heterocycles. The number of benzene rings is 4. The van der Waals surface area contributed by atoms with E-state index in [1.54, 1.807) is 0 Å². The average Bonchev–Trinajstić information content (AvgIpc) is 4.11. The largest absolute Gasteiger partial charge is 0.490 e. The first-order valence-corrected chi connectivity index (χ1v) is 36.4. The van der Waals surface area contributed by atoms with Crippen LogP contribution in [0.3, 0.4) is 0 Å². The molecule has 17 heteroatoms. The van der Waals surface area contributed by atoms with Gasteiger partial charge in [-0.15, -0.1) is 0 Å². The Bertz CT molecular complexity index is 2370. The molecule has 79 heavy (non-hydrogen) atoms. The van der Waals surface area contributed by atoms with E-state index in [0.717, 1.165) is 231 Å². The minimum Gasteiger partial charge on any atom is -0.490 e. The van der Waals surface area contributed by atoms with Crippen LogP contribution in [0.1, 0.15) is 186 Å². The number of rotatable bonds is 44. The Morgan fingerprint density at radius 1 is 0.304 bits per heavy atom. The second kappa shape index (κ2) is 38.6. The number of unbranched alkanes of at least 4 members (excludes halogenated alkanes) is 18. The number of aromatic nitrogens is 2. The number of fused-ring (bicyclic) bond motifs is 3. The summed E-state index contributed by atoms with van der Waals surface area (Å²) in [6.45, 7) is 3.14. The highest BCUT2D eigenvalue weighted by Gasteiger charge is 2.34. The molecule has 6 rings (SSSR count). The van der Waals surface area contributed by atoms with Crippen molar-refractivity contribution >= 4 is 130 Å². The van der Waals surface area contributed by atoms with Gasteiger partial charge in [0.05, 0.1) is 51.4 Å². The summed E-state index contributed by atoms with van der Waals surface area (Å²) in [7, 11) is 0. The molecular formula is C62H80Br6N2O8S. The summed E-state index contributed by atoms with van der Waals surface area (Å²) in [5.74, 6) is 3.13. The standard InChI is InChI=1S/C62H80Br6N2O8S/c63-25-13-1-7-19-31-73-53-41-47(42-54(74-32-20-8-2-14-26-64)61(53)77-35-23-11-5-17-29-67)49-37-45-39-51-52(60(72)58-57(59(51)71)69-79-70-58)40-46(45)38-50(49)48-43-55(75-33-21-9-3-15-27-65)62(78-36-24-12-6-18-30-68)56(44-48)76-34-22-10-4-16-28-66/h37-44H,1-36H2. The van der Waals surface area contributed by atoms with Gasteiger partial charge in [0.15, 0.2) is 34.4 Å². The van der Waals surface area contributed by atoms with Crippen LogP contribution in [0.15, 0.2) is 48.5 Å². The third kappa shape index (κ3) is 21.1. The second-order valence-electron chi connectivity index (χ2n) is 20.1. The topological polar surface area (TPSA) is 115 Å². The summed E-state index contributed by atoms with van der Waals surface area (Å²) < 4.78 is 49.3. The van der Waals surface area contributed by atoms with Crippen molar-refractivity contribution in [3.63, 3.8) is 0 Å². The van der Waals surface area contributed by atoms with Crippen LogP contribution in [0, 0.1) is 0 Å². The molecule has 5 aromatic rings. The van der Waals surface area contributed by atoms with E-state index >= 15 is 0 Å². The molecule has 0 saturated heterocycles. The zero-order valence-electron chi connectivity index (χ0n) is 45.9. The molecule has 0 fully saturated rings. The van der Waals surface area contributed by atoms with Crippen molar-refractivity contribution in [1.82, 2.24) is 8.75 Å². The maximum absolute atomic E-state index is 14.1. The number of carbonyl (C=O) groups excluding carboxylic acids is 2. The van der Waals surface area contributed by atoms with Crippen LogP contribution in [0.25, 0.3) is 33.0 Å². The monoisotopic (exact) mass is 1490 g/mol. The van der Waals surface area contributed by atoms with Crippen LogP contribution in [0.4, 0.5) is 0 Å². The molecule has 0 atom stereocenters. The maximum Gasteiger partial charge on any atom is 0.215 e. The summed E-state index contributed by atoms with van der Waals surface area (Å²) >= 11 is 22.5. The molecular weight excluding hydrogens is 1410 g/mol. The fraction of sp³-hybridized carbons (Fsp3) is 0.581. The fourth-order valence-electron chi connectivity index (χ4n) is 9.50. The Balaban J connectivity index is 1.56. The molecule has 0 aliphatic heterocycles. The van der Waals surface area contributed by atoms with Crippen molar-refractivity contribution in [2.45, 2.75) is 154 Å². The summed E-state index contributed by atoms with van der Waals surface area (Å²) in [6, 6.07) is 16.3. The number of alkyl halides is 6. The highest BCUT2D eigenvalue weighted by atomic mass is 79.9. The van der Waals surface area contributed by atoms with E-state index in [-0.39, 0.29) is 23.0 Å². The van der Waals surface area contributed by atoms with Crippen LogP contribution in [-0.2, 0) is 0 Å². The lowest BCUT2D eigenvalue weighted by Crippen LogP contribution is -2.20. The Morgan fingerprint density at radius 2 is 0.544 bits per heavy atom. The van der Waals surface area contributed by atoms with Gasteiger partial charge in [-0.2, -0.15) is 8.75 Å². The number of hydrogen-bond donors (Lipinski definition) is 0. The summed E-state index contributed by atoms with van der Waals surface area (Å²) in [6.07, 6.45) is 25.1. The molecule has 0 amide bonds. The molecule has 0 bridgehead atoms. The SMILES string of the molecule is O=C1c2cc3cc(-c4cc(OCCCCCCBr)c(OCCCCCCBr)c(OCCCCCCBr)c4)c(-c4cc(OCCCCCCBr)c(OCCCCCCBr)c(OCCCCCCBr)c4)cc3cc2C(=O)c2nsnc21. The van der Waals surface area contributed by atoms with E-state index in [2.05, 4.69) is 141 Å². The smallest absolute Gasteiger partial charge is 0.215 e. The zero-order chi connectivity index (χ0) is 55.9. The van der Waals surface area contributed by atoms with Crippen molar-refractivity contribution in [2.75, 3.05) is 71.6 Å². The third-order valence-corrected chi connectivity index (χ3v) is 17.8. The Kier molecular flexibility index (Phi) is 32.1. The highest BCUT2D eigenvalue weighted by Crippen LogP contribution is 2.49. The molecule has 434 valence electrons. The second-order valence-corrected chi connectivity index (χ2v) is 25.4. The molecule has 1 aliphatic rings. The lowest BCUT2D eigenvalue weighted by Gasteiger charge is -2.22. The third-order valence-electron chi connectivity index (χ3n) is 13.9.